The van der Waals surface area contributed by atoms with Crippen molar-refractivity contribution in [2.75, 3.05) is 41.0 Å². The number of phenols is 1. The van der Waals surface area contributed by atoms with Crippen molar-refractivity contribution in [1.29, 1.82) is 0 Å². The quantitative estimate of drug-likeness (QED) is 0.181. The van der Waals surface area contributed by atoms with Crippen LogP contribution in [0.2, 0.25) is 0 Å². The van der Waals surface area contributed by atoms with Crippen molar-refractivity contribution in [2.24, 2.45) is 29.4 Å². The lowest BCUT2D eigenvalue weighted by Crippen LogP contribution is -2.74. The number of aliphatic hydroxyl groups is 1. The van der Waals surface area contributed by atoms with Crippen LogP contribution in [-0.4, -0.2) is 96.8 Å². The Balaban J connectivity index is 1.48. The number of aromatic hydroxyl groups is 1. The molecule has 12 heteroatoms. The van der Waals surface area contributed by atoms with E-state index < -0.39 is 64.4 Å². The highest BCUT2D eigenvalue weighted by molar-refractivity contribution is 6.32. The lowest BCUT2D eigenvalue weighted by molar-refractivity contribution is -0.181. The molecule has 2 fully saturated rings. The van der Waals surface area contributed by atoms with Gasteiger partial charge >= 0.3 is 0 Å². The number of carbonyl (C=O) groups excluding carboxylic acids is 5. The second-order valence-electron chi connectivity index (χ2n) is 13.3. The van der Waals surface area contributed by atoms with Gasteiger partial charge in [-0.05, 0) is 87.1 Å². The zero-order valence-corrected chi connectivity index (χ0v) is 27.9. The Hall–Kier alpha value is -3.97. The summed E-state index contributed by atoms with van der Waals surface area (Å²) in [6, 6.07) is 7.67. The number of fused-ring (bicyclic) bond motifs is 3. The Labute approximate surface area is 280 Å². The van der Waals surface area contributed by atoms with E-state index in [1.807, 2.05) is 18.2 Å². The molecule has 258 valence electrons. The van der Waals surface area contributed by atoms with Crippen LogP contribution in [0.5, 0.6) is 11.5 Å². The summed E-state index contributed by atoms with van der Waals surface area (Å²) in [6.45, 7) is 4.91. The Morgan fingerprint density at radius 2 is 1.79 bits per heavy atom. The number of phenolic OH excluding ortho intramolecular Hbond substituents is 1. The standard InChI is InChI=1S/C36H45N3O9/c1-5-6-13-48-14-7-12-38-18-19-8-11-26(47-4)22(15-19)21-9-10-25(40)28-23(21)16-20-17-24-30(39(2)3)32(42)29(35(37)45)34(44)36(24,46)33(43)27(20)31(28)41/h8-11,15,20,24,27,29-30,38,40,46H,5-7,12-14,16-18H2,1-4H3,(H2,37,45)/t20?,24?,27?,29?,30-,36-/m0/s1. The van der Waals surface area contributed by atoms with Crippen molar-refractivity contribution >= 4 is 29.0 Å². The molecule has 2 aromatic rings. The zero-order chi connectivity index (χ0) is 34.9. The SMILES string of the molecule is CCCCOCCCNCc1ccc(OC)c(-c2ccc(O)c3c2CC2CC4[C@H](N(C)C)C(=O)C(C(N)=O)C(=O)[C@@]4(O)C(=O)C2C3=O)c1. The van der Waals surface area contributed by atoms with E-state index in [4.69, 9.17) is 15.2 Å². The molecular weight excluding hydrogens is 618 g/mol. The van der Waals surface area contributed by atoms with E-state index in [0.717, 1.165) is 38.0 Å². The van der Waals surface area contributed by atoms with Gasteiger partial charge in [0, 0.05) is 31.2 Å². The number of nitrogens with two attached hydrogens (primary N) is 1. The number of hydrogen-bond donors (Lipinski definition) is 4. The van der Waals surface area contributed by atoms with Gasteiger partial charge in [0.1, 0.15) is 11.5 Å². The number of primary amides is 1. The predicted octanol–water partition coefficient (Wildman–Crippen LogP) is 1.84. The molecule has 5 N–H and O–H groups in total. The molecule has 5 rings (SSSR count). The smallest absolute Gasteiger partial charge is 0.235 e. The number of methoxy groups -OCH3 is 1. The maximum absolute atomic E-state index is 14.2. The molecule has 0 heterocycles. The summed E-state index contributed by atoms with van der Waals surface area (Å²) < 4.78 is 11.3. The van der Waals surface area contributed by atoms with Crippen molar-refractivity contribution in [3.05, 3.63) is 47.0 Å². The molecule has 1 amide bonds. The molecule has 0 bridgehead atoms. The number of hydrogen-bond acceptors (Lipinski definition) is 11. The molecule has 0 saturated heterocycles. The second kappa shape index (κ2) is 14.3. The topological polar surface area (TPSA) is 186 Å². The molecule has 4 unspecified atom stereocenters. The Bertz CT molecular complexity index is 1620. The van der Waals surface area contributed by atoms with Crippen LogP contribution >= 0.6 is 0 Å². The molecule has 6 atom stereocenters. The van der Waals surface area contributed by atoms with Gasteiger partial charge in [-0.2, -0.15) is 0 Å². The van der Waals surface area contributed by atoms with Crippen LogP contribution in [0, 0.1) is 23.7 Å². The van der Waals surface area contributed by atoms with Crippen molar-refractivity contribution in [3.8, 4) is 22.6 Å². The first-order valence-corrected chi connectivity index (χ1v) is 16.5. The van der Waals surface area contributed by atoms with Gasteiger partial charge in [-0.15, -0.1) is 0 Å². The number of unbranched alkanes of at least 4 members (excludes halogenated alkanes) is 1. The van der Waals surface area contributed by atoms with Crippen molar-refractivity contribution in [2.45, 2.75) is 57.2 Å². The fourth-order valence-corrected chi connectivity index (χ4v) is 7.81. The van der Waals surface area contributed by atoms with Crippen LogP contribution in [0.4, 0.5) is 0 Å². The predicted molar refractivity (Wildman–Crippen MR) is 175 cm³/mol. The maximum atomic E-state index is 14.2. The summed E-state index contributed by atoms with van der Waals surface area (Å²) in [6.07, 6.45) is 3.13. The minimum absolute atomic E-state index is 0.0256. The van der Waals surface area contributed by atoms with Gasteiger partial charge in [0.25, 0.3) is 0 Å². The Morgan fingerprint density at radius 3 is 2.46 bits per heavy atom. The van der Waals surface area contributed by atoms with Gasteiger partial charge in [0.05, 0.1) is 24.6 Å². The van der Waals surface area contributed by atoms with Crippen molar-refractivity contribution < 1.29 is 43.7 Å². The number of benzene rings is 2. The summed E-state index contributed by atoms with van der Waals surface area (Å²) in [5, 5.41) is 26.2. The summed E-state index contributed by atoms with van der Waals surface area (Å²) in [5.41, 5.74) is 5.39. The first kappa shape index (κ1) is 35.3. The first-order valence-electron chi connectivity index (χ1n) is 16.5. The number of ether oxygens (including phenoxy) is 2. The lowest BCUT2D eigenvalue weighted by atomic mass is 9.52. The molecule has 3 aliphatic rings. The average molecular weight is 664 g/mol. The van der Waals surface area contributed by atoms with E-state index in [9.17, 15) is 34.2 Å². The fraction of sp³-hybridized carbons (Fsp3) is 0.528. The number of Topliss-reactive ketones (excluding diaryl/α,β-unsaturated/α-hetero) is 4. The summed E-state index contributed by atoms with van der Waals surface area (Å²) >= 11 is 0. The normalized spacial score (nSPS) is 26.7. The molecule has 0 spiro atoms. The molecule has 0 aliphatic heterocycles. The number of likely N-dealkylation sites (N-methyl/N-ethyl adjacent to an activating group) is 1. The number of rotatable bonds is 13. The fourth-order valence-electron chi connectivity index (χ4n) is 7.81. The van der Waals surface area contributed by atoms with Gasteiger partial charge in [0.15, 0.2) is 34.7 Å². The Morgan fingerprint density at radius 1 is 1.06 bits per heavy atom. The number of ketones is 4. The number of carbonyl (C=O) groups is 5. The zero-order valence-electron chi connectivity index (χ0n) is 27.9. The van der Waals surface area contributed by atoms with Crippen LogP contribution in [0.1, 0.15) is 54.1 Å². The van der Waals surface area contributed by atoms with Crippen LogP contribution < -0.4 is 15.8 Å². The van der Waals surface area contributed by atoms with E-state index in [-0.39, 0.29) is 24.2 Å². The second-order valence-corrected chi connectivity index (χ2v) is 13.3. The molecular formula is C36H45N3O9. The summed E-state index contributed by atoms with van der Waals surface area (Å²) in [7, 11) is 4.66. The maximum Gasteiger partial charge on any atom is 0.235 e. The number of nitrogens with one attached hydrogen (secondary N) is 1. The van der Waals surface area contributed by atoms with Gasteiger partial charge in [-0.3, -0.25) is 28.9 Å². The number of amides is 1. The van der Waals surface area contributed by atoms with Crippen LogP contribution in [0.15, 0.2) is 30.3 Å². The van der Waals surface area contributed by atoms with Crippen LogP contribution in [0.25, 0.3) is 11.1 Å². The van der Waals surface area contributed by atoms with Crippen LogP contribution in [-0.2, 0) is 36.9 Å². The monoisotopic (exact) mass is 663 g/mol. The van der Waals surface area contributed by atoms with E-state index in [1.54, 1.807) is 27.3 Å². The lowest BCUT2D eigenvalue weighted by Gasteiger charge is -2.52. The van der Waals surface area contributed by atoms with Gasteiger partial charge < -0.3 is 30.7 Å². The van der Waals surface area contributed by atoms with Crippen molar-refractivity contribution in [3.63, 3.8) is 0 Å². The van der Waals surface area contributed by atoms with Gasteiger partial charge in [-0.25, -0.2) is 0 Å². The summed E-state index contributed by atoms with van der Waals surface area (Å²) in [4.78, 5) is 68.9. The number of nitrogens with zero attached hydrogens (tertiary/aromatic N) is 1. The van der Waals surface area contributed by atoms with E-state index in [0.29, 0.717) is 35.6 Å². The molecule has 2 aromatic carbocycles. The largest absolute Gasteiger partial charge is 0.507 e. The van der Waals surface area contributed by atoms with E-state index >= 15 is 0 Å². The minimum atomic E-state index is -2.77. The Kier molecular flexibility index (Phi) is 10.5. The highest BCUT2D eigenvalue weighted by Gasteiger charge is 2.69. The highest BCUT2D eigenvalue weighted by atomic mass is 16.5. The molecule has 0 radical (unpaired) electrons. The molecule has 12 nitrogen and oxygen atoms in total. The van der Waals surface area contributed by atoms with Gasteiger partial charge in [0.2, 0.25) is 5.91 Å². The van der Waals surface area contributed by atoms with E-state index in [2.05, 4.69) is 12.2 Å². The molecule has 2 saturated carbocycles. The minimum Gasteiger partial charge on any atom is -0.507 e. The third-order valence-electron chi connectivity index (χ3n) is 10.1. The first-order chi connectivity index (χ1) is 22.9. The summed E-state index contributed by atoms with van der Waals surface area (Å²) in [5.74, 6) is -10.3. The third kappa shape index (κ3) is 6.06. The van der Waals surface area contributed by atoms with Crippen molar-refractivity contribution in [1.82, 2.24) is 10.2 Å². The molecule has 48 heavy (non-hydrogen) atoms. The van der Waals surface area contributed by atoms with E-state index in [1.165, 1.54) is 11.0 Å². The molecule has 3 aliphatic carbocycles. The van der Waals surface area contributed by atoms with Gasteiger partial charge in [-0.1, -0.05) is 25.5 Å². The third-order valence-corrected chi connectivity index (χ3v) is 10.1. The van der Waals surface area contributed by atoms with Crippen LogP contribution in [0.3, 0.4) is 0 Å². The molecule has 0 aromatic heterocycles. The highest BCUT2D eigenvalue weighted by Crippen LogP contribution is 2.52. The average Bonchev–Trinajstić information content (AvgIpc) is 3.03.